The Bertz CT molecular complexity index is 669. The smallest absolute Gasteiger partial charge is 0.221 e. The lowest BCUT2D eigenvalue weighted by atomic mass is 10.3. The van der Waals surface area contributed by atoms with Gasteiger partial charge in [0, 0.05) is 24.0 Å². The molecule has 0 atom stereocenters. The van der Waals surface area contributed by atoms with Crippen LogP contribution in [0.25, 0.3) is 0 Å². The van der Waals surface area contributed by atoms with Crippen molar-refractivity contribution in [3.05, 3.63) is 48.5 Å². The van der Waals surface area contributed by atoms with Gasteiger partial charge in [0.05, 0.1) is 6.61 Å². The van der Waals surface area contributed by atoms with Crippen molar-refractivity contribution in [2.75, 3.05) is 22.6 Å². The predicted octanol–water partition coefficient (Wildman–Crippen LogP) is 3.85. The summed E-state index contributed by atoms with van der Waals surface area (Å²) in [6.45, 7) is 4.06. The normalized spacial score (nSPS) is 9.83. The Morgan fingerprint density at radius 3 is 1.78 bits per heavy atom. The fourth-order valence-electron chi connectivity index (χ4n) is 1.93. The van der Waals surface area contributed by atoms with Crippen LogP contribution in [-0.4, -0.2) is 17.6 Å². The van der Waals surface area contributed by atoms with Gasteiger partial charge in [0.1, 0.15) is 5.75 Å². The van der Waals surface area contributed by atoms with Crippen LogP contribution in [0.5, 0.6) is 5.75 Å². The minimum Gasteiger partial charge on any atom is -0.494 e. The number of amides is 1. The van der Waals surface area contributed by atoms with Gasteiger partial charge in [0.15, 0.2) is 5.11 Å². The molecule has 120 valence electrons. The monoisotopic (exact) mass is 329 g/mol. The van der Waals surface area contributed by atoms with Gasteiger partial charge in [-0.25, -0.2) is 0 Å². The molecular formula is C17H19N3O2S. The summed E-state index contributed by atoms with van der Waals surface area (Å²) in [5.74, 6) is 0.726. The highest BCUT2D eigenvalue weighted by molar-refractivity contribution is 7.80. The van der Waals surface area contributed by atoms with Gasteiger partial charge in [0.2, 0.25) is 5.91 Å². The number of anilines is 3. The van der Waals surface area contributed by atoms with Crippen molar-refractivity contribution >= 4 is 40.3 Å². The third kappa shape index (κ3) is 5.60. The highest BCUT2D eigenvalue weighted by Gasteiger charge is 2.01. The number of hydrogen-bond acceptors (Lipinski definition) is 3. The summed E-state index contributed by atoms with van der Waals surface area (Å²) in [4.78, 5) is 11.0. The fourth-order valence-corrected chi connectivity index (χ4v) is 2.17. The molecule has 1 amide bonds. The van der Waals surface area contributed by atoms with Crippen molar-refractivity contribution in [2.45, 2.75) is 13.8 Å². The summed E-state index contributed by atoms with van der Waals surface area (Å²) in [6, 6.07) is 14.9. The molecule has 0 aliphatic carbocycles. The molecule has 0 radical (unpaired) electrons. The maximum Gasteiger partial charge on any atom is 0.221 e. The molecule has 6 heteroatoms. The van der Waals surface area contributed by atoms with Gasteiger partial charge in [-0.3, -0.25) is 4.79 Å². The van der Waals surface area contributed by atoms with Crippen LogP contribution in [0.15, 0.2) is 48.5 Å². The van der Waals surface area contributed by atoms with Crippen LogP contribution < -0.4 is 20.7 Å². The summed E-state index contributed by atoms with van der Waals surface area (Å²) in [5, 5.41) is 9.39. The molecule has 0 aliphatic heterocycles. The average molecular weight is 329 g/mol. The summed E-state index contributed by atoms with van der Waals surface area (Å²) in [6.07, 6.45) is 0. The van der Waals surface area contributed by atoms with E-state index in [0.717, 1.165) is 22.8 Å². The van der Waals surface area contributed by atoms with Crippen molar-refractivity contribution in [1.82, 2.24) is 0 Å². The molecule has 23 heavy (non-hydrogen) atoms. The number of hydrogen-bond donors (Lipinski definition) is 3. The third-order valence-electron chi connectivity index (χ3n) is 2.89. The van der Waals surface area contributed by atoms with Crippen molar-refractivity contribution in [3.8, 4) is 5.75 Å². The standard InChI is InChI=1S/C17H19N3O2S/c1-3-22-16-10-8-15(9-11-16)20-17(23)19-14-6-4-13(5-7-14)18-12(2)21/h4-11H,3H2,1-2H3,(H,18,21)(H2,19,20,23). The molecule has 2 rings (SSSR count). The predicted molar refractivity (Wildman–Crippen MR) is 98.2 cm³/mol. The van der Waals surface area contributed by atoms with E-state index in [9.17, 15) is 4.79 Å². The van der Waals surface area contributed by atoms with E-state index >= 15 is 0 Å². The Hall–Kier alpha value is -2.60. The van der Waals surface area contributed by atoms with E-state index in [0.29, 0.717) is 11.7 Å². The zero-order valence-corrected chi connectivity index (χ0v) is 13.9. The first-order valence-corrected chi connectivity index (χ1v) is 7.66. The van der Waals surface area contributed by atoms with Crippen molar-refractivity contribution in [2.24, 2.45) is 0 Å². The van der Waals surface area contributed by atoms with Crippen LogP contribution in [0.3, 0.4) is 0 Å². The topological polar surface area (TPSA) is 62.4 Å². The lowest BCUT2D eigenvalue weighted by molar-refractivity contribution is -0.114. The number of carbonyl (C=O) groups is 1. The molecule has 2 aromatic carbocycles. The minimum atomic E-state index is -0.0987. The number of benzene rings is 2. The summed E-state index contributed by atoms with van der Waals surface area (Å²) in [7, 11) is 0. The van der Waals surface area contributed by atoms with E-state index in [1.54, 1.807) is 0 Å². The maximum atomic E-state index is 11.0. The van der Waals surface area contributed by atoms with Gasteiger partial charge in [-0.2, -0.15) is 0 Å². The SMILES string of the molecule is CCOc1ccc(NC(=S)Nc2ccc(NC(C)=O)cc2)cc1. The first-order chi connectivity index (χ1) is 11.1. The zero-order chi connectivity index (χ0) is 16.7. The second-order valence-corrected chi connectivity index (χ2v) is 5.20. The summed E-state index contributed by atoms with van der Waals surface area (Å²) < 4.78 is 5.39. The summed E-state index contributed by atoms with van der Waals surface area (Å²) >= 11 is 5.28. The molecule has 2 aromatic rings. The highest BCUT2D eigenvalue weighted by Crippen LogP contribution is 2.17. The molecule has 0 aromatic heterocycles. The highest BCUT2D eigenvalue weighted by atomic mass is 32.1. The van der Waals surface area contributed by atoms with E-state index < -0.39 is 0 Å². The quantitative estimate of drug-likeness (QED) is 0.727. The van der Waals surface area contributed by atoms with Gasteiger partial charge in [0.25, 0.3) is 0 Å². The molecule has 0 unspecified atom stereocenters. The molecule has 0 saturated carbocycles. The Morgan fingerprint density at radius 2 is 1.35 bits per heavy atom. The molecule has 0 spiro atoms. The van der Waals surface area contributed by atoms with Gasteiger partial charge in [-0.1, -0.05) is 0 Å². The molecule has 0 bridgehead atoms. The van der Waals surface area contributed by atoms with Crippen molar-refractivity contribution in [1.29, 1.82) is 0 Å². The van der Waals surface area contributed by atoms with Crippen LogP contribution in [0.2, 0.25) is 0 Å². The van der Waals surface area contributed by atoms with Crippen molar-refractivity contribution in [3.63, 3.8) is 0 Å². The Morgan fingerprint density at radius 1 is 0.913 bits per heavy atom. The molecule has 0 aliphatic rings. The van der Waals surface area contributed by atoms with Crippen LogP contribution >= 0.6 is 12.2 Å². The number of rotatable bonds is 5. The lowest BCUT2D eigenvalue weighted by Gasteiger charge is -2.12. The number of thiocarbonyl (C=S) groups is 1. The van der Waals surface area contributed by atoms with E-state index in [1.165, 1.54) is 6.92 Å². The Labute approximate surface area is 141 Å². The minimum absolute atomic E-state index is 0.0987. The first-order valence-electron chi connectivity index (χ1n) is 7.25. The van der Waals surface area contributed by atoms with Crippen LogP contribution in [0.1, 0.15) is 13.8 Å². The number of carbonyl (C=O) groups excluding carboxylic acids is 1. The Balaban J connectivity index is 1.90. The third-order valence-corrected chi connectivity index (χ3v) is 3.09. The van der Waals surface area contributed by atoms with Gasteiger partial charge < -0.3 is 20.7 Å². The molecule has 5 nitrogen and oxygen atoms in total. The molecule has 3 N–H and O–H groups in total. The summed E-state index contributed by atoms with van der Waals surface area (Å²) in [5.41, 5.74) is 2.46. The largest absolute Gasteiger partial charge is 0.494 e. The van der Waals surface area contributed by atoms with Crippen LogP contribution in [-0.2, 0) is 4.79 Å². The van der Waals surface area contributed by atoms with Crippen LogP contribution in [0, 0.1) is 0 Å². The van der Waals surface area contributed by atoms with Gasteiger partial charge in [-0.05, 0) is 67.7 Å². The van der Waals surface area contributed by atoms with E-state index in [2.05, 4.69) is 16.0 Å². The second kappa shape index (κ2) is 8.14. The number of nitrogens with one attached hydrogen (secondary N) is 3. The Kier molecular flexibility index (Phi) is 5.94. The second-order valence-electron chi connectivity index (χ2n) is 4.80. The average Bonchev–Trinajstić information content (AvgIpc) is 2.51. The zero-order valence-electron chi connectivity index (χ0n) is 13.1. The van der Waals surface area contributed by atoms with Gasteiger partial charge in [-0.15, -0.1) is 0 Å². The molecule has 0 heterocycles. The van der Waals surface area contributed by atoms with Crippen molar-refractivity contribution < 1.29 is 9.53 Å². The maximum absolute atomic E-state index is 11.0. The van der Waals surface area contributed by atoms with Crippen LogP contribution in [0.4, 0.5) is 17.1 Å². The van der Waals surface area contributed by atoms with E-state index in [4.69, 9.17) is 17.0 Å². The molecule has 0 fully saturated rings. The van der Waals surface area contributed by atoms with E-state index in [1.807, 2.05) is 55.5 Å². The fraction of sp³-hybridized carbons (Fsp3) is 0.176. The number of ether oxygens (including phenoxy) is 1. The molecular weight excluding hydrogens is 310 g/mol. The first kappa shape index (κ1) is 16.8. The molecule has 0 saturated heterocycles. The van der Waals surface area contributed by atoms with E-state index in [-0.39, 0.29) is 5.91 Å². The van der Waals surface area contributed by atoms with Gasteiger partial charge >= 0.3 is 0 Å². The lowest BCUT2D eigenvalue weighted by Crippen LogP contribution is -2.19.